The minimum absolute atomic E-state index is 0.0476. The van der Waals surface area contributed by atoms with E-state index in [9.17, 15) is 4.79 Å². The van der Waals surface area contributed by atoms with Crippen molar-refractivity contribution in [2.24, 2.45) is 0 Å². The quantitative estimate of drug-likeness (QED) is 0.273. The smallest absolute Gasteiger partial charge is 0.210 e. The summed E-state index contributed by atoms with van der Waals surface area (Å²) in [6, 6.07) is 22.2. The van der Waals surface area contributed by atoms with Crippen molar-refractivity contribution >= 4 is 44.8 Å². The van der Waals surface area contributed by atoms with Gasteiger partial charge >= 0.3 is 0 Å². The second-order valence-electron chi connectivity index (χ2n) is 8.68. The summed E-state index contributed by atoms with van der Waals surface area (Å²) in [5.41, 5.74) is 6.07. The third-order valence-electron chi connectivity index (χ3n) is 6.23. The van der Waals surface area contributed by atoms with E-state index in [0.29, 0.717) is 5.92 Å². The van der Waals surface area contributed by atoms with E-state index >= 15 is 0 Å². The van der Waals surface area contributed by atoms with Gasteiger partial charge in [-0.15, -0.1) is 0 Å². The van der Waals surface area contributed by atoms with E-state index in [1.165, 1.54) is 16.5 Å². The van der Waals surface area contributed by atoms with Gasteiger partial charge in [0, 0.05) is 32.6 Å². The molecule has 5 rings (SSSR count). The summed E-state index contributed by atoms with van der Waals surface area (Å²) in [6.45, 7) is 5.13. The predicted octanol–water partition coefficient (Wildman–Crippen LogP) is 7.51. The Morgan fingerprint density at radius 3 is 2.41 bits per heavy atom. The highest BCUT2D eigenvalue weighted by molar-refractivity contribution is 9.10. The van der Waals surface area contributed by atoms with E-state index in [1.807, 2.05) is 23.1 Å². The third kappa shape index (κ3) is 5.16. The fourth-order valence-electron chi connectivity index (χ4n) is 4.38. The Morgan fingerprint density at radius 2 is 1.79 bits per heavy atom. The van der Waals surface area contributed by atoms with Crippen LogP contribution in [0.5, 0.6) is 5.75 Å². The Hall–Kier alpha value is -2.76. The van der Waals surface area contributed by atoms with Gasteiger partial charge in [-0.1, -0.05) is 65.6 Å². The summed E-state index contributed by atoms with van der Waals surface area (Å²) < 4.78 is 5.99. The molecule has 1 amide bonds. The van der Waals surface area contributed by atoms with Crippen molar-refractivity contribution in [2.75, 3.05) is 13.7 Å². The fraction of sp³-hybridized carbons (Fsp3) is 0.250. The minimum Gasteiger partial charge on any atom is -0.497 e. The Bertz CT molecular complexity index is 1270. The van der Waals surface area contributed by atoms with E-state index in [1.54, 1.807) is 19.2 Å². The number of fused-ring (bicyclic) bond motifs is 3. The zero-order valence-electron chi connectivity index (χ0n) is 19.5. The van der Waals surface area contributed by atoms with Crippen LogP contribution in [-0.2, 0) is 11.2 Å². The molecule has 1 unspecified atom stereocenters. The SMILES string of the molecule is CC(C)c1ccc(C2c3[nH]c4ccc(Br)cc4c3CCN2C=O)cc1.COc1ccc(Cl)cc1. The lowest BCUT2D eigenvalue weighted by Crippen LogP contribution is -2.35. The minimum atomic E-state index is -0.0476. The molecule has 1 atom stereocenters. The number of nitrogens with one attached hydrogen (secondary N) is 1. The highest BCUT2D eigenvalue weighted by Gasteiger charge is 2.30. The summed E-state index contributed by atoms with van der Waals surface area (Å²) >= 11 is 9.18. The second-order valence-corrected chi connectivity index (χ2v) is 10.0. The van der Waals surface area contributed by atoms with Crippen molar-refractivity contribution in [2.45, 2.75) is 32.2 Å². The van der Waals surface area contributed by atoms with Crippen LogP contribution in [0.4, 0.5) is 0 Å². The molecule has 176 valence electrons. The lowest BCUT2D eigenvalue weighted by Gasteiger charge is -2.33. The number of nitrogens with zero attached hydrogens (tertiary/aromatic N) is 1. The van der Waals surface area contributed by atoms with Gasteiger partial charge in [-0.2, -0.15) is 0 Å². The molecule has 0 radical (unpaired) electrons. The summed E-state index contributed by atoms with van der Waals surface area (Å²) in [7, 11) is 1.63. The summed E-state index contributed by atoms with van der Waals surface area (Å²) in [4.78, 5) is 17.2. The fourth-order valence-corrected chi connectivity index (χ4v) is 4.87. The van der Waals surface area contributed by atoms with E-state index in [0.717, 1.165) is 51.4 Å². The molecule has 2 heterocycles. The molecule has 0 saturated carbocycles. The number of aromatic amines is 1. The number of halogens is 2. The second kappa shape index (κ2) is 10.7. The monoisotopic (exact) mass is 538 g/mol. The molecule has 0 aliphatic carbocycles. The molecule has 1 N–H and O–H groups in total. The van der Waals surface area contributed by atoms with Gasteiger partial charge in [0.25, 0.3) is 0 Å². The van der Waals surface area contributed by atoms with Crippen LogP contribution in [0.25, 0.3) is 10.9 Å². The lowest BCUT2D eigenvalue weighted by molar-refractivity contribution is -0.120. The molecule has 0 spiro atoms. The number of hydrogen-bond acceptors (Lipinski definition) is 2. The molecule has 6 heteroatoms. The number of methoxy groups -OCH3 is 1. The molecule has 1 aromatic heterocycles. The Morgan fingerprint density at radius 1 is 1.09 bits per heavy atom. The van der Waals surface area contributed by atoms with Crippen LogP contribution in [0.2, 0.25) is 5.02 Å². The van der Waals surface area contributed by atoms with Crippen LogP contribution in [0.3, 0.4) is 0 Å². The zero-order chi connectivity index (χ0) is 24.2. The Kier molecular flexibility index (Phi) is 7.64. The van der Waals surface area contributed by atoms with E-state index in [-0.39, 0.29) is 6.04 Å². The maximum Gasteiger partial charge on any atom is 0.210 e. The average molecular weight is 540 g/mol. The topological polar surface area (TPSA) is 45.3 Å². The van der Waals surface area contributed by atoms with Crippen LogP contribution in [0, 0.1) is 0 Å². The first-order chi connectivity index (χ1) is 16.4. The van der Waals surface area contributed by atoms with Crippen molar-refractivity contribution in [3.63, 3.8) is 0 Å². The molecule has 3 aromatic carbocycles. The maximum atomic E-state index is 11.7. The summed E-state index contributed by atoms with van der Waals surface area (Å²) in [5.74, 6) is 1.34. The van der Waals surface area contributed by atoms with Gasteiger partial charge in [-0.25, -0.2) is 0 Å². The van der Waals surface area contributed by atoms with Crippen LogP contribution in [0.1, 0.15) is 48.2 Å². The molecular formula is C28H28BrClN2O2. The van der Waals surface area contributed by atoms with Crippen molar-refractivity contribution in [3.8, 4) is 5.75 Å². The molecule has 1 aliphatic rings. The molecule has 4 aromatic rings. The number of carbonyl (C=O) groups is 1. The maximum absolute atomic E-state index is 11.7. The van der Waals surface area contributed by atoms with Gasteiger partial charge in [0.1, 0.15) is 5.75 Å². The number of benzene rings is 3. The van der Waals surface area contributed by atoms with Crippen molar-refractivity contribution in [3.05, 3.63) is 98.6 Å². The van der Waals surface area contributed by atoms with E-state index < -0.39 is 0 Å². The van der Waals surface area contributed by atoms with Gasteiger partial charge in [0.2, 0.25) is 6.41 Å². The molecule has 4 nitrogen and oxygen atoms in total. The number of H-pyrrole nitrogens is 1. The number of amides is 1. The van der Waals surface area contributed by atoms with Crippen LogP contribution in [0.15, 0.2) is 71.2 Å². The zero-order valence-corrected chi connectivity index (χ0v) is 21.9. The Labute approximate surface area is 214 Å². The first-order valence-electron chi connectivity index (χ1n) is 11.3. The standard InChI is InChI=1S/C21H21BrN2O.C7H7ClO/c1-13(2)14-3-5-15(6-4-14)21-20-17(9-10-24(21)12-25)18-11-16(22)7-8-19(18)23-20;1-9-7-4-2-6(8)3-5-7/h3-8,11-13,21,23H,9-10H2,1-2H3;2-5H,1H3. The van der Waals surface area contributed by atoms with Gasteiger partial charge in [0.15, 0.2) is 0 Å². The summed E-state index contributed by atoms with van der Waals surface area (Å²) in [5, 5.41) is 1.98. The highest BCUT2D eigenvalue weighted by atomic mass is 79.9. The molecule has 0 saturated heterocycles. The van der Waals surface area contributed by atoms with Gasteiger partial charge in [-0.3, -0.25) is 4.79 Å². The number of ether oxygens (including phenoxy) is 1. The molecular weight excluding hydrogens is 512 g/mol. The number of aromatic nitrogens is 1. The average Bonchev–Trinajstić information content (AvgIpc) is 3.22. The molecule has 0 bridgehead atoms. The van der Waals surface area contributed by atoms with Gasteiger partial charge < -0.3 is 14.6 Å². The normalized spacial score (nSPS) is 15.0. The van der Waals surface area contributed by atoms with Crippen LogP contribution >= 0.6 is 27.5 Å². The van der Waals surface area contributed by atoms with Gasteiger partial charge in [0.05, 0.1) is 13.2 Å². The summed E-state index contributed by atoms with van der Waals surface area (Å²) in [6.07, 6.45) is 1.86. The Balaban J connectivity index is 0.000000257. The van der Waals surface area contributed by atoms with E-state index in [2.05, 4.69) is 71.2 Å². The number of rotatable bonds is 4. The first kappa shape index (κ1) is 24.4. The lowest BCUT2D eigenvalue weighted by atomic mass is 9.91. The molecule has 0 fully saturated rings. The predicted molar refractivity (Wildman–Crippen MR) is 143 cm³/mol. The van der Waals surface area contributed by atoms with Crippen LogP contribution in [-0.4, -0.2) is 29.9 Å². The molecule has 34 heavy (non-hydrogen) atoms. The van der Waals surface area contributed by atoms with Crippen molar-refractivity contribution < 1.29 is 9.53 Å². The number of hydrogen-bond donors (Lipinski definition) is 1. The van der Waals surface area contributed by atoms with Crippen molar-refractivity contribution in [1.29, 1.82) is 0 Å². The third-order valence-corrected chi connectivity index (χ3v) is 6.98. The number of carbonyl (C=O) groups excluding carboxylic acids is 1. The van der Waals surface area contributed by atoms with E-state index in [4.69, 9.17) is 16.3 Å². The largest absolute Gasteiger partial charge is 0.497 e. The highest BCUT2D eigenvalue weighted by Crippen LogP contribution is 2.38. The molecule has 1 aliphatic heterocycles. The van der Waals surface area contributed by atoms with Crippen molar-refractivity contribution in [1.82, 2.24) is 9.88 Å². The van der Waals surface area contributed by atoms with Crippen LogP contribution < -0.4 is 4.74 Å². The first-order valence-corrected chi connectivity index (χ1v) is 12.5. The van der Waals surface area contributed by atoms with Gasteiger partial charge in [-0.05, 0) is 71.5 Å².